The Labute approximate surface area is 191 Å². The van der Waals surface area contributed by atoms with Crippen molar-refractivity contribution in [1.29, 1.82) is 0 Å². The lowest BCUT2D eigenvalue weighted by Crippen LogP contribution is -2.47. The van der Waals surface area contributed by atoms with E-state index in [4.69, 9.17) is 17.3 Å². The smallest absolute Gasteiger partial charge is 0.317 e. The number of nitrogens with one attached hydrogen (secondary N) is 2. The normalized spacial score (nSPS) is 19.1. The van der Waals surface area contributed by atoms with Gasteiger partial charge in [-0.15, -0.1) is 0 Å². The van der Waals surface area contributed by atoms with Gasteiger partial charge in [0.2, 0.25) is 0 Å². The van der Waals surface area contributed by atoms with Gasteiger partial charge in [0.1, 0.15) is 0 Å². The molecule has 0 aromatic heterocycles. The van der Waals surface area contributed by atoms with E-state index >= 15 is 0 Å². The first-order valence-electron chi connectivity index (χ1n) is 10.3. The fraction of sp³-hybridized carbons (Fsp3) is 0.208. The Bertz CT molecular complexity index is 1140. The van der Waals surface area contributed by atoms with Crippen molar-refractivity contribution in [2.45, 2.75) is 35.8 Å². The molecule has 2 atom stereocenters. The van der Waals surface area contributed by atoms with Gasteiger partial charge in [-0.25, -0.2) is 4.79 Å². The van der Waals surface area contributed by atoms with Crippen molar-refractivity contribution in [1.82, 2.24) is 10.6 Å². The van der Waals surface area contributed by atoms with Crippen LogP contribution in [-0.4, -0.2) is 11.5 Å². The lowest BCUT2D eigenvalue weighted by Gasteiger charge is -2.30. The van der Waals surface area contributed by atoms with E-state index in [1.54, 1.807) is 11.8 Å². The standard InChI is InChI=1S/C24H23ClN4OS/c25-18-9-5-7-16(14-26)22(18)29-20-10-3-4-11-21(20)31-24(29)28-23(30)27-19-13-12-15-6-1-2-8-17(15)19/h1-11,19,24H,12-14,26H2,(H2,27,28,30). The number of carbonyl (C=O) groups is 1. The molecule has 3 aromatic carbocycles. The third kappa shape index (κ3) is 3.76. The molecule has 0 spiro atoms. The summed E-state index contributed by atoms with van der Waals surface area (Å²) >= 11 is 8.21. The lowest BCUT2D eigenvalue weighted by molar-refractivity contribution is 0.236. The van der Waals surface area contributed by atoms with Crippen LogP contribution in [0.25, 0.3) is 0 Å². The molecule has 2 unspecified atom stereocenters. The van der Waals surface area contributed by atoms with Crippen molar-refractivity contribution in [2.75, 3.05) is 4.90 Å². The van der Waals surface area contributed by atoms with Gasteiger partial charge in [0, 0.05) is 11.4 Å². The van der Waals surface area contributed by atoms with E-state index < -0.39 is 0 Å². The zero-order chi connectivity index (χ0) is 21.4. The number of nitrogens with two attached hydrogens (primary N) is 1. The molecule has 1 aliphatic heterocycles. The van der Waals surface area contributed by atoms with Gasteiger partial charge < -0.3 is 21.3 Å². The molecular weight excluding hydrogens is 428 g/mol. The molecule has 7 heteroatoms. The number of halogens is 1. The number of urea groups is 1. The average Bonchev–Trinajstić information content (AvgIpc) is 3.34. The molecule has 0 fully saturated rings. The van der Waals surface area contributed by atoms with Gasteiger partial charge in [0.25, 0.3) is 0 Å². The second-order valence-electron chi connectivity index (χ2n) is 7.67. The van der Waals surface area contributed by atoms with Crippen LogP contribution >= 0.6 is 23.4 Å². The van der Waals surface area contributed by atoms with Crippen LogP contribution in [0, 0.1) is 0 Å². The monoisotopic (exact) mass is 450 g/mol. The summed E-state index contributed by atoms with van der Waals surface area (Å²) in [5.41, 5.74) is 11.0. The Morgan fingerprint density at radius 3 is 2.74 bits per heavy atom. The fourth-order valence-corrected chi connectivity index (χ4v) is 5.86. The van der Waals surface area contributed by atoms with Gasteiger partial charge in [-0.05, 0) is 47.7 Å². The summed E-state index contributed by atoms with van der Waals surface area (Å²) in [5, 5.41) is 6.91. The van der Waals surface area contributed by atoms with E-state index in [-0.39, 0.29) is 17.6 Å². The maximum Gasteiger partial charge on any atom is 0.317 e. The van der Waals surface area contributed by atoms with Crippen molar-refractivity contribution < 1.29 is 4.79 Å². The van der Waals surface area contributed by atoms with Crippen LogP contribution < -0.4 is 21.3 Å². The SMILES string of the molecule is NCc1cccc(Cl)c1N1c2ccccc2SC1NC(=O)NC1CCc2ccccc21. The molecule has 5 rings (SSSR count). The fourth-order valence-electron chi connectivity index (χ4n) is 4.40. The van der Waals surface area contributed by atoms with Crippen molar-refractivity contribution in [3.63, 3.8) is 0 Å². The quantitative estimate of drug-likeness (QED) is 0.503. The van der Waals surface area contributed by atoms with Gasteiger partial charge >= 0.3 is 6.03 Å². The molecule has 31 heavy (non-hydrogen) atoms. The Hall–Kier alpha value is -2.67. The summed E-state index contributed by atoms with van der Waals surface area (Å²) in [7, 11) is 0. The Balaban J connectivity index is 1.42. The summed E-state index contributed by atoms with van der Waals surface area (Å²) in [6.45, 7) is 0.358. The second-order valence-corrected chi connectivity index (χ2v) is 9.20. The number of hydrogen-bond acceptors (Lipinski definition) is 4. The maximum atomic E-state index is 13.0. The molecular formula is C24H23ClN4OS. The van der Waals surface area contributed by atoms with E-state index in [2.05, 4.69) is 33.7 Å². The first-order valence-corrected chi connectivity index (χ1v) is 11.6. The number of nitrogens with zero attached hydrogens (tertiary/aromatic N) is 1. The van der Waals surface area contributed by atoms with Gasteiger partial charge in [0.05, 0.1) is 22.4 Å². The lowest BCUT2D eigenvalue weighted by atomic mass is 10.1. The summed E-state index contributed by atoms with van der Waals surface area (Å²) in [5.74, 6) is 0. The molecule has 158 valence electrons. The average molecular weight is 451 g/mol. The Kier molecular flexibility index (Phi) is 5.52. The molecule has 0 saturated heterocycles. The van der Waals surface area contributed by atoms with Crippen LogP contribution in [0.15, 0.2) is 71.6 Å². The van der Waals surface area contributed by atoms with E-state index in [1.165, 1.54) is 11.1 Å². The highest BCUT2D eigenvalue weighted by Crippen LogP contribution is 2.49. The molecule has 4 N–H and O–H groups in total. The zero-order valence-electron chi connectivity index (χ0n) is 16.8. The number of carbonyl (C=O) groups excluding carboxylic acids is 1. The number of benzene rings is 3. The topological polar surface area (TPSA) is 70.4 Å². The number of thioether (sulfide) groups is 1. The first-order chi connectivity index (χ1) is 15.2. The minimum Gasteiger partial charge on any atom is -0.331 e. The summed E-state index contributed by atoms with van der Waals surface area (Å²) in [4.78, 5) is 16.2. The van der Waals surface area contributed by atoms with Crippen molar-refractivity contribution in [2.24, 2.45) is 5.73 Å². The van der Waals surface area contributed by atoms with Gasteiger partial charge in [-0.3, -0.25) is 0 Å². The Morgan fingerprint density at radius 2 is 1.87 bits per heavy atom. The number of hydrogen-bond donors (Lipinski definition) is 3. The number of fused-ring (bicyclic) bond motifs is 2. The molecule has 5 nitrogen and oxygen atoms in total. The molecule has 0 radical (unpaired) electrons. The van der Waals surface area contributed by atoms with Crippen LogP contribution in [0.2, 0.25) is 5.02 Å². The number of anilines is 2. The summed E-state index contributed by atoms with van der Waals surface area (Å²) in [6.07, 6.45) is 1.90. The van der Waals surface area contributed by atoms with Crippen molar-refractivity contribution in [3.05, 3.63) is 88.4 Å². The summed E-state index contributed by atoms with van der Waals surface area (Å²) < 4.78 is 0. The van der Waals surface area contributed by atoms with E-state index in [0.717, 1.165) is 34.7 Å². The highest BCUT2D eigenvalue weighted by Gasteiger charge is 2.35. The van der Waals surface area contributed by atoms with E-state index in [1.807, 2.05) is 48.5 Å². The number of aryl methyl sites for hydroxylation is 1. The summed E-state index contributed by atoms with van der Waals surface area (Å²) in [6, 6.07) is 21.9. The molecule has 1 heterocycles. The zero-order valence-corrected chi connectivity index (χ0v) is 18.4. The predicted octanol–water partition coefficient (Wildman–Crippen LogP) is 5.31. The number of rotatable bonds is 4. The second kappa shape index (κ2) is 8.46. The van der Waals surface area contributed by atoms with Gasteiger partial charge in [-0.1, -0.05) is 71.9 Å². The van der Waals surface area contributed by atoms with E-state index in [0.29, 0.717) is 11.6 Å². The maximum absolute atomic E-state index is 13.0. The first kappa shape index (κ1) is 20.2. The molecule has 2 aliphatic rings. The van der Waals surface area contributed by atoms with Crippen LogP contribution in [-0.2, 0) is 13.0 Å². The third-order valence-corrected chi connectivity index (χ3v) is 7.28. The van der Waals surface area contributed by atoms with Crippen LogP contribution in [0.1, 0.15) is 29.2 Å². The molecule has 2 amide bonds. The van der Waals surface area contributed by atoms with Crippen LogP contribution in [0.5, 0.6) is 0 Å². The minimum absolute atomic E-state index is 0.0262. The number of amides is 2. The highest BCUT2D eigenvalue weighted by atomic mass is 35.5. The minimum atomic E-state index is -0.334. The molecule has 1 aliphatic carbocycles. The van der Waals surface area contributed by atoms with Crippen molar-refractivity contribution >= 4 is 40.8 Å². The molecule has 3 aromatic rings. The molecule has 0 bridgehead atoms. The predicted molar refractivity (Wildman–Crippen MR) is 127 cm³/mol. The van der Waals surface area contributed by atoms with E-state index in [9.17, 15) is 4.79 Å². The highest BCUT2D eigenvalue weighted by molar-refractivity contribution is 8.00. The van der Waals surface area contributed by atoms with Crippen molar-refractivity contribution in [3.8, 4) is 0 Å². The molecule has 0 saturated carbocycles. The van der Waals surface area contributed by atoms with Gasteiger partial charge in [-0.2, -0.15) is 0 Å². The van der Waals surface area contributed by atoms with Crippen LogP contribution in [0.3, 0.4) is 0 Å². The Morgan fingerprint density at radius 1 is 1.06 bits per heavy atom. The number of para-hydroxylation sites is 2. The van der Waals surface area contributed by atoms with Crippen LogP contribution in [0.4, 0.5) is 16.2 Å². The third-order valence-electron chi connectivity index (χ3n) is 5.82. The van der Waals surface area contributed by atoms with Gasteiger partial charge in [0.15, 0.2) is 5.50 Å². The largest absolute Gasteiger partial charge is 0.331 e.